The number of benzene rings is 5. The van der Waals surface area contributed by atoms with Gasteiger partial charge in [0.2, 0.25) is 0 Å². The second-order valence-electron chi connectivity index (χ2n) is 7.54. The fourth-order valence-corrected chi connectivity index (χ4v) is 4.17. The van der Waals surface area contributed by atoms with Crippen molar-refractivity contribution in [3.8, 4) is 11.1 Å². The van der Waals surface area contributed by atoms with Crippen molar-refractivity contribution in [1.29, 1.82) is 0 Å². The van der Waals surface area contributed by atoms with Crippen molar-refractivity contribution in [2.75, 3.05) is 5.32 Å². The smallest absolute Gasteiger partial charge is 0.137 e. The lowest BCUT2D eigenvalue weighted by molar-refractivity contribution is 0.669. The van der Waals surface area contributed by atoms with Crippen molar-refractivity contribution in [3.05, 3.63) is 109 Å². The molecule has 0 bridgehead atoms. The predicted molar refractivity (Wildman–Crippen MR) is 126 cm³/mol. The third-order valence-electron chi connectivity index (χ3n) is 5.64. The molecule has 30 heavy (non-hydrogen) atoms. The van der Waals surface area contributed by atoms with Crippen LogP contribution in [0.3, 0.4) is 0 Å². The zero-order chi connectivity index (χ0) is 19.9. The SMILES string of the molecule is c1ccc(-c2ccc(Nc3ccc4c(c3)oc3ccc5ccccc5c34)cc2)cc1. The van der Waals surface area contributed by atoms with Crippen molar-refractivity contribution < 1.29 is 4.42 Å². The fourth-order valence-electron chi connectivity index (χ4n) is 4.17. The van der Waals surface area contributed by atoms with Crippen LogP contribution in [0.4, 0.5) is 11.4 Å². The molecule has 0 atom stereocenters. The van der Waals surface area contributed by atoms with E-state index in [1.54, 1.807) is 0 Å². The molecule has 0 saturated carbocycles. The minimum absolute atomic E-state index is 0.896. The Bertz CT molecular complexity index is 1490. The van der Waals surface area contributed by atoms with Gasteiger partial charge in [-0.1, -0.05) is 72.8 Å². The summed E-state index contributed by atoms with van der Waals surface area (Å²) in [6.45, 7) is 0. The highest BCUT2D eigenvalue weighted by Crippen LogP contribution is 2.36. The van der Waals surface area contributed by atoms with Crippen LogP contribution in [0.1, 0.15) is 0 Å². The van der Waals surface area contributed by atoms with Crippen LogP contribution in [-0.2, 0) is 0 Å². The van der Waals surface area contributed by atoms with Gasteiger partial charge in [0.15, 0.2) is 0 Å². The van der Waals surface area contributed by atoms with Gasteiger partial charge in [0.1, 0.15) is 11.2 Å². The van der Waals surface area contributed by atoms with Crippen molar-refractivity contribution in [3.63, 3.8) is 0 Å². The van der Waals surface area contributed by atoms with E-state index in [-0.39, 0.29) is 0 Å². The Morgan fingerprint density at radius 2 is 1.23 bits per heavy atom. The van der Waals surface area contributed by atoms with E-state index in [1.807, 2.05) is 6.07 Å². The van der Waals surface area contributed by atoms with Crippen molar-refractivity contribution in [2.24, 2.45) is 0 Å². The Hall–Kier alpha value is -4.04. The van der Waals surface area contributed by atoms with E-state index in [0.717, 1.165) is 27.9 Å². The van der Waals surface area contributed by atoms with E-state index in [0.29, 0.717) is 0 Å². The number of hydrogen-bond acceptors (Lipinski definition) is 2. The fraction of sp³-hybridized carbons (Fsp3) is 0. The van der Waals surface area contributed by atoms with Crippen molar-refractivity contribution in [2.45, 2.75) is 0 Å². The van der Waals surface area contributed by atoms with E-state index in [1.165, 1.54) is 27.3 Å². The molecule has 6 aromatic rings. The maximum atomic E-state index is 6.18. The van der Waals surface area contributed by atoms with Crippen LogP contribution in [0.15, 0.2) is 114 Å². The summed E-state index contributed by atoms with van der Waals surface area (Å²) in [5.41, 5.74) is 6.31. The average molecular weight is 385 g/mol. The van der Waals surface area contributed by atoms with E-state index >= 15 is 0 Å². The molecule has 1 aromatic heterocycles. The summed E-state index contributed by atoms with van der Waals surface area (Å²) in [5.74, 6) is 0. The number of anilines is 2. The minimum atomic E-state index is 0.896. The zero-order valence-corrected chi connectivity index (χ0v) is 16.3. The summed E-state index contributed by atoms with van der Waals surface area (Å²) in [4.78, 5) is 0. The van der Waals surface area contributed by atoms with Gasteiger partial charge < -0.3 is 9.73 Å². The summed E-state index contributed by atoms with van der Waals surface area (Å²) in [6, 6.07) is 37.9. The zero-order valence-electron chi connectivity index (χ0n) is 16.3. The van der Waals surface area contributed by atoms with Gasteiger partial charge in [0.05, 0.1) is 0 Å². The summed E-state index contributed by atoms with van der Waals surface area (Å²) in [7, 11) is 0. The maximum Gasteiger partial charge on any atom is 0.137 e. The van der Waals surface area contributed by atoms with Gasteiger partial charge in [-0.25, -0.2) is 0 Å². The van der Waals surface area contributed by atoms with E-state index < -0.39 is 0 Å². The molecule has 0 spiro atoms. The van der Waals surface area contributed by atoms with Crippen LogP contribution in [-0.4, -0.2) is 0 Å². The van der Waals surface area contributed by atoms with Crippen LogP contribution >= 0.6 is 0 Å². The van der Waals surface area contributed by atoms with E-state index in [2.05, 4.69) is 108 Å². The number of hydrogen-bond donors (Lipinski definition) is 1. The first-order valence-electron chi connectivity index (χ1n) is 10.1. The highest BCUT2D eigenvalue weighted by atomic mass is 16.3. The van der Waals surface area contributed by atoms with Crippen LogP contribution < -0.4 is 5.32 Å². The topological polar surface area (TPSA) is 25.2 Å². The Labute approximate surface area is 174 Å². The second-order valence-corrected chi connectivity index (χ2v) is 7.54. The van der Waals surface area contributed by atoms with Crippen molar-refractivity contribution in [1.82, 2.24) is 0 Å². The molecule has 0 unspecified atom stereocenters. The first kappa shape index (κ1) is 16.9. The Balaban J connectivity index is 1.36. The summed E-state index contributed by atoms with van der Waals surface area (Å²) in [5, 5.41) is 8.28. The monoisotopic (exact) mass is 385 g/mol. The van der Waals surface area contributed by atoms with Gasteiger partial charge in [0.25, 0.3) is 0 Å². The van der Waals surface area contributed by atoms with E-state index in [9.17, 15) is 0 Å². The molecule has 0 aliphatic heterocycles. The molecule has 0 fully saturated rings. The molecule has 5 aromatic carbocycles. The molecule has 2 nitrogen and oxygen atoms in total. The molecule has 1 heterocycles. The summed E-state index contributed by atoms with van der Waals surface area (Å²) < 4.78 is 6.18. The predicted octanol–water partition coefficient (Wildman–Crippen LogP) is 8.15. The third kappa shape index (κ3) is 2.82. The normalized spacial score (nSPS) is 11.3. The second kappa shape index (κ2) is 6.78. The highest BCUT2D eigenvalue weighted by Gasteiger charge is 2.11. The molecule has 0 radical (unpaired) electrons. The molecule has 0 aliphatic carbocycles. The molecule has 0 aliphatic rings. The number of rotatable bonds is 3. The molecular formula is C28H19NO. The lowest BCUT2D eigenvalue weighted by atomic mass is 10.0. The molecule has 2 heteroatoms. The van der Waals surface area contributed by atoms with E-state index in [4.69, 9.17) is 4.42 Å². The first-order chi connectivity index (χ1) is 14.8. The lowest BCUT2D eigenvalue weighted by Gasteiger charge is -2.08. The van der Waals surface area contributed by atoms with Crippen LogP contribution in [0.2, 0.25) is 0 Å². The van der Waals surface area contributed by atoms with Crippen molar-refractivity contribution >= 4 is 44.1 Å². The largest absolute Gasteiger partial charge is 0.456 e. The molecule has 0 amide bonds. The number of furan rings is 1. The highest BCUT2D eigenvalue weighted by molar-refractivity contribution is 6.19. The average Bonchev–Trinajstić information content (AvgIpc) is 3.18. The summed E-state index contributed by atoms with van der Waals surface area (Å²) in [6.07, 6.45) is 0. The van der Waals surface area contributed by atoms with Crippen LogP contribution in [0, 0.1) is 0 Å². The molecule has 142 valence electrons. The molecule has 6 rings (SSSR count). The quantitative estimate of drug-likeness (QED) is 0.332. The molecule has 0 saturated heterocycles. The van der Waals surface area contributed by atoms with Gasteiger partial charge in [-0.05, 0) is 52.2 Å². The van der Waals surface area contributed by atoms with Crippen LogP contribution in [0.5, 0.6) is 0 Å². The van der Waals surface area contributed by atoms with Gasteiger partial charge in [-0.3, -0.25) is 0 Å². The number of fused-ring (bicyclic) bond motifs is 5. The maximum absolute atomic E-state index is 6.18. The van der Waals surface area contributed by atoms with Crippen LogP contribution in [0.25, 0.3) is 43.8 Å². The van der Waals surface area contributed by atoms with Gasteiger partial charge in [-0.2, -0.15) is 0 Å². The standard InChI is InChI=1S/C28H19NO/c1-2-6-19(7-3-1)20-10-13-22(14-11-20)29-23-15-16-25-27(18-23)30-26-17-12-21-8-4-5-9-24(21)28(25)26/h1-18,29H. The Morgan fingerprint density at radius 1 is 0.500 bits per heavy atom. The van der Waals surface area contributed by atoms with Gasteiger partial charge in [0, 0.05) is 28.2 Å². The Kier molecular flexibility index (Phi) is 3.82. The van der Waals surface area contributed by atoms with Gasteiger partial charge >= 0.3 is 0 Å². The number of nitrogens with one attached hydrogen (secondary N) is 1. The molecular weight excluding hydrogens is 366 g/mol. The first-order valence-corrected chi connectivity index (χ1v) is 10.1. The third-order valence-corrected chi connectivity index (χ3v) is 5.64. The lowest BCUT2D eigenvalue weighted by Crippen LogP contribution is -1.89. The summed E-state index contributed by atoms with van der Waals surface area (Å²) >= 11 is 0. The molecule has 1 N–H and O–H groups in total. The Morgan fingerprint density at radius 3 is 2.10 bits per heavy atom. The minimum Gasteiger partial charge on any atom is -0.456 e. The van der Waals surface area contributed by atoms with Gasteiger partial charge in [-0.15, -0.1) is 0 Å².